The second kappa shape index (κ2) is 3.56. The Hall–Kier alpha value is -1.38. The summed E-state index contributed by atoms with van der Waals surface area (Å²) in [5.41, 5.74) is 1.94. The topological polar surface area (TPSA) is 52.0 Å². The molecule has 1 rings (SSSR count). The molecule has 0 fully saturated rings. The van der Waals surface area contributed by atoms with Crippen molar-refractivity contribution in [3.8, 4) is 0 Å². The van der Waals surface area contributed by atoms with Crippen LogP contribution in [0.1, 0.15) is 26.5 Å². The van der Waals surface area contributed by atoms with Gasteiger partial charge in [0.15, 0.2) is 0 Å². The lowest BCUT2D eigenvalue weighted by atomic mass is 9.92. The van der Waals surface area contributed by atoms with Crippen LogP contribution in [0.15, 0.2) is 23.2 Å². The second-order valence-electron chi connectivity index (χ2n) is 3.96. The van der Waals surface area contributed by atoms with Gasteiger partial charge in [0.05, 0.1) is 0 Å². The van der Waals surface area contributed by atoms with Gasteiger partial charge in [-0.3, -0.25) is 5.41 Å². The highest BCUT2D eigenvalue weighted by atomic mass is 14.9. The molecule has 0 saturated carbocycles. The Labute approximate surface area is 78.1 Å². The van der Waals surface area contributed by atoms with Crippen LogP contribution < -0.4 is 5.49 Å². The van der Waals surface area contributed by atoms with Crippen molar-refractivity contribution < 1.29 is 0 Å². The number of H-pyrrole nitrogens is 1. The monoisotopic (exact) mass is 177 g/mol. The fourth-order valence-corrected chi connectivity index (χ4v) is 1.04. The standard InChI is InChI=1S/C10H15N3/c1-10(2,3)8-5-4-6-9(13-8)12-7-11/h4-7H,1-3H3,(H2,11,12,13). The molecule has 0 aliphatic rings. The fraction of sp³-hybridized carbons (Fsp3) is 0.400. The number of nitrogens with one attached hydrogen (secondary N) is 2. The Bertz CT molecular complexity index is 355. The first kappa shape index (κ1) is 9.71. The average molecular weight is 177 g/mol. The summed E-state index contributed by atoms with van der Waals surface area (Å²) in [5, 5.41) is 6.85. The van der Waals surface area contributed by atoms with Crippen LogP contribution in [0.25, 0.3) is 0 Å². The van der Waals surface area contributed by atoms with Gasteiger partial charge in [0, 0.05) is 11.1 Å². The van der Waals surface area contributed by atoms with E-state index in [0.29, 0.717) is 0 Å². The average Bonchev–Trinajstić information content (AvgIpc) is 2.04. The largest absolute Gasteiger partial charge is 0.343 e. The lowest BCUT2D eigenvalue weighted by Crippen LogP contribution is -2.19. The highest BCUT2D eigenvalue weighted by molar-refractivity contribution is 5.50. The third kappa shape index (κ3) is 2.54. The zero-order valence-corrected chi connectivity index (χ0v) is 8.26. The highest BCUT2D eigenvalue weighted by Gasteiger charge is 2.12. The van der Waals surface area contributed by atoms with Crippen molar-refractivity contribution in [3.63, 3.8) is 0 Å². The normalized spacial score (nSPS) is 13.0. The van der Waals surface area contributed by atoms with Crippen LogP contribution in [0, 0.1) is 5.41 Å². The first-order valence-electron chi connectivity index (χ1n) is 4.26. The molecule has 0 aromatic carbocycles. The van der Waals surface area contributed by atoms with E-state index in [9.17, 15) is 0 Å². The van der Waals surface area contributed by atoms with Gasteiger partial charge < -0.3 is 4.98 Å². The van der Waals surface area contributed by atoms with E-state index in [1.54, 1.807) is 0 Å². The van der Waals surface area contributed by atoms with Crippen LogP contribution in [0.5, 0.6) is 0 Å². The Balaban J connectivity index is 3.21. The van der Waals surface area contributed by atoms with E-state index in [2.05, 4.69) is 30.7 Å². The van der Waals surface area contributed by atoms with Crippen molar-refractivity contribution in [3.05, 3.63) is 29.4 Å². The summed E-state index contributed by atoms with van der Waals surface area (Å²) >= 11 is 0. The predicted molar refractivity (Wildman–Crippen MR) is 53.8 cm³/mol. The summed E-state index contributed by atoms with van der Waals surface area (Å²) in [6.45, 7) is 6.40. The van der Waals surface area contributed by atoms with Crippen molar-refractivity contribution in [1.82, 2.24) is 4.98 Å². The zero-order chi connectivity index (χ0) is 9.90. The van der Waals surface area contributed by atoms with Gasteiger partial charge in [-0.2, -0.15) is 0 Å². The van der Waals surface area contributed by atoms with E-state index >= 15 is 0 Å². The van der Waals surface area contributed by atoms with E-state index in [1.807, 2.05) is 18.2 Å². The van der Waals surface area contributed by atoms with Gasteiger partial charge in [0.1, 0.15) is 11.8 Å². The molecule has 0 saturated heterocycles. The van der Waals surface area contributed by atoms with E-state index < -0.39 is 0 Å². The van der Waals surface area contributed by atoms with Gasteiger partial charge in [-0.1, -0.05) is 26.8 Å². The second-order valence-corrected chi connectivity index (χ2v) is 3.96. The molecule has 0 unspecified atom stereocenters. The van der Waals surface area contributed by atoms with Gasteiger partial charge in [0.25, 0.3) is 0 Å². The summed E-state index contributed by atoms with van der Waals surface area (Å²) in [4.78, 5) is 7.03. The summed E-state index contributed by atoms with van der Waals surface area (Å²) in [5.74, 6) is 0. The summed E-state index contributed by atoms with van der Waals surface area (Å²) < 4.78 is 0. The summed E-state index contributed by atoms with van der Waals surface area (Å²) in [6, 6.07) is 5.82. The fourth-order valence-electron chi connectivity index (χ4n) is 1.04. The number of nitrogens with zero attached hydrogens (tertiary/aromatic N) is 1. The van der Waals surface area contributed by atoms with Gasteiger partial charge in [-0.25, -0.2) is 4.99 Å². The molecular formula is C10H15N3. The van der Waals surface area contributed by atoms with Crippen LogP contribution in [-0.2, 0) is 5.41 Å². The Morgan fingerprint density at radius 1 is 1.38 bits per heavy atom. The molecule has 0 bridgehead atoms. The van der Waals surface area contributed by atoms with Gasteiger partial charge in [-0.15, -0.1) is 0 Å². The Morgan fingerprint density at radius 2 is 2.08 bits per heavy atom. The van der Waals surface area contributed by atoms with Crippen LogP contribution in [0.3, 0.4) is 0 Å². The third-order valence-electron chi connectivity index (χ3n) is 1.79. The Kier molecular flexibility index (Phi) is 2.66. The molecule has 0 spiro atoms. The van der Waals surface area contributed by atoms with Gasteiger partial charge >= 0.3 is 0 Å². The van der Waals surface area contributed by atoms with Crippen LogP contribution in [0.2, 0.25) is 0 Å². The molecule has 1 aromatic rings. The van der Waals surface area contributed by atoms with E-state index in [-0.39, 0.29) is 5.41 Å². The molecule has 3 nitrogen and oxygen atoms in total. The minimum Gasteiger partial charge on any atom is -0.343 e. The molecule has 0 aliphatic carbocycles. The number of pyridine rings is 1. The maximum atomic E-state index is 6.85. The zero-order valence-electron chi connectivity index (χ0n) is 8.26. The van der Waals surface area contributed by atoms with Gasteiger partial charge in [-0.05, 0) is 12.1 Å². The molecule has 0 aliphatic heterocycles. The predicted octanol–water partition coefficient (Wildman–Crippen LogP) is 1.82. The van der Waals surface area contributed by atoms with Crippen LogP contribution in [0.4, 0.5) is 0 Å². The molecule has 1 heterocycles. The molecule has 2 N–H and O–H groups in total. The smallest absolute Gasteiger partial charge is 0.131 e. The Morgan fingerprint density at radius 3 is 2.62 bits per heavy atom. The summed E-state index contributed by atoms with van der Waals surface area (Å²) in [6.07, 6.45) is 1.04. The van der Waals surface area contributed by atoms with Gasteiger partial charge in [0.2, 0.25) is 0 Å². The minimum absolute atomic E-state index is 0.0908. The van der Waals surface area contributed by atoms with Crippen molar-refractivity contribution in [2.24, 2.45) is 4.99 Å². The van der Waals surface area contributed by atoms with E-state index in [0.717, 1.165) is 17.5 Å². The SMILES string of the molecule is CC(C)(C)c1ccc/c(=N/C=N)[nH]1. The quantitative estimate of drug-likeness (QED) is 0.485. The van der Waals surface area contributed by atoms with E-state index in [1.165, 1.54) is 0 Å². The molecule has 0 amide bonds. The van der Waals surface area contributed by atoms with Crippen molar-refractivity contribution in [2.45, 2.75) is 26.2 Å². The maximum Gasteiger partial charge on any atom is 0.131 e. The number of aromatic nitrogens is 1. The number of rotatable bonds is 1. The number of aromatic amines is 1. The first-order valence-corrected chi connectivity index (χ1v) is 4.26. The number of hydrogen-bond donors (Lipinski definition) is 2. The molecule has 0 atom stereocenters. The van der Waals surface area contributed by atoms with Crippen molar-refractivity contribution >= 4 is 6.34 Å². The highest BCUT2D eigenvalue weighted by Crippen LogP contribution is 2.17. The molecular weight excluding hydrogens is 162 g/mol. The summed E-state index contributed by atoms with van der Waals surface area (Å²) in [7, 11) is 0. The maximum absolute atomic E-state index is 6.85. The molecule has 0 radical (unpaired) electrons. The van der Waals surface area contributed by atoms with Crippen molar-refractivity contribution in [2.75, 3.05) is 0 Å². The van der Waals surface area contributed by atoms with Crippen LogP contribution >= 0.6 is 0 Å². The molecule has 70 valence electrons. The lowest BCUT2D eigenvalue weighted by Gasteiger charge is -2.18. The molecule has 13 heavy (non-hydrogen) atoms. The molecule has 3 heteroatoms. The van der Waals surface area contributed by atoms with Crippen molar-refractivity contribution in [1.29, 1.82) is 5.41 Å². The third-order valence-corrected chi connectivity index (χ3v) is 1.79. The first-order chi connectivity index (χ1) is 6.04. The minimum atomic E-state index is 0.0908. The van der Waals surface area contributed by atoms with Crippen LogP contribution in [-0.4, -0.2) is 11.3 Å². The number of hydrogen-bond acceptors (Lipinski definition) is 1. The lowest BCUT2D eigenvalue weighted by molar-refractivity contribution is 0.566. The van der Waals surface area contributed by atoms with E-state index in [4.69, 9.17) is 5.41 Å². The molecule has 1 aromatic heterocycles.